The number of carbonyl (C=O) groups excluding carboxylic acids is 1. The van der Waals surface area contributed by atoms with Crippen LogP contribution in [-0.2, 0) is 4.79 Å². The lowest BCUT2D eigenvalue weighted by molar-refractivity contribution is -0.128. The van der Waals surface area contributed by atoms with E-state index in [-0.39, 0.29) is 5.41 Å². The van der Waals surface area contributed by atoms with E-state index in [1.54, 1.807) is 18.1 Å². The molecule has 2 aliphatic rings. The molecule has 0 heterocycles. The van der Waals surface area contributed by atoms with E-state index in [0.29, 0.717) is 17.1 Å². The van der Waals surface area contributed by atoms with Crippen molar-refractivity contribution in [2.24, 2.45) is 16.7 Å². The minimum Gasteiger partial charge on any atom is -0.299 e. The molecule has 0 unspecified atom stereocenters. The van der Waals surface area contributed by atoms with E-state index in [9.17, 15) is 4.79 Å². The van der Waals surface area contributed by atoms with Gasteiger partial charge in [0, 0.05) is 5.41 Å². The molecule has 96 valence electrons. The Labute approximate surface area is 106 Å². The van der Waals surface area contributed by atoms with Crippen LogP contribution >= 0.6 is 0 Å². The number of ketones is 1. The Morgan fingerprint density at radius 3 is 2.53 bits per heavy atom. The van der Waals surface area contributed by atoms with E-state index < -0.39 is 0 Å². The highest BCUT2D eigenvalue weighted by Crippen LogP contribution is 2.53. The fourth-order valence-electron chi connectivity index (χ4n) is 3.76. The summed E-state index contributed by atoms with van der Waals surface area (Å²) < 4.78 is 0. The minimum atomic E-state index is -0.105. The molecule has 2 rings (SSSR count). The normalized spacial score (nSPS) is 36.6. The smallest absolute Gasteiger partial charge is 0.136 e. The first kappa shape index (κ1) is 12.9. The van der Waals surface area contributed by atoms with Gasteiger partial charge in [0.25, 0.3) is 0 Å². The molecule has 1 nitrogen and oxygen atoms in total. The van der Waals surface area contributed by atoms with Crippen molar-refractivity contribution in [2.45, 2.75) is 66.7 Å². The molecule has 0 saturated heterocycles. The van der Waals surface area contributed by atoms with Gasteiger partial charge in [0.1, 0.15) is 5.78 Å². The second kappa shape index (κ2) is 3.96. The van der Waals surface area contributed by atoms with Gasteiger partial charge < -0.3 is 0 Å². The van der Waals surface area contributed by atoms with E-state index in [0.717, 1.165) is 12.8 Å². The maximum Gasteiger partial charge on any atom is 0.136 e. The summed E-state index contributed by atoms with van der Waals surface area (Å²) in [7, 11) is 0. The molecule has 0 spiro atoms. The first-order valence-electron chi connectivity index (χ1n) is 7.00. The topological polar surface area (TPSA) is 17.1 Å². The predicted octanol–water partition coefficient (Wildman–Crippen LogP) is 4.52. The van der Waals surface area contributed by atoms with Crippen LogP contribution in [0.5, 0.6) is 0 Å². The van der Waals surface area contributed by atoms with Gasteiger partial charge in [-0.25, -0.2) is 0 Å². The second-order valence-corrected chi connectivity index (χ2v) is 7.08. The van der Waals surface area contributed by atoms with Crippen LogP contribution in [0, 0.1) is 16.7 Å². The number of carbonyl (C=O) groups is 1. The predicted molar refractivity (Wildman–Crippen MR) is 71.8 cm³/mol. The monoisotopic (exact) mass is 234 g/mol. The van der Waals surface area contributed by atoms with E-state index in [1.165, 1.54) is 19.3 Å². The Morgan fingerprint density at radius 1 is 1.29 bits per heavy atom. The number of Topliss-reactive ketones (excluding diaryl/α,β-unsaturated/α-hetero) is 1. The van der Waals surface area contributed by atoms with Gasteiger partial charge in [-0.05, 0) is 50.4 Å². The van der Waals surface area contributed by atoms with Crippen LogP contribution in [0.15, 0.2) is 11.1 Å². The molecular formula is C16H26O. The Kier molecular flexibility index (Phi) is 3.00. The summed E-state index contributed by atoms with van der Waals surface area (Å²) in [5.74, 6) is 0.871. The summed E-state index contributed by atoms with van der Waals surface area (Å²) >= 11 is 0. The average Bonchev–Trinajstić information content (AvgIpc) is 2.20. The summed E-state index contributed by atoms with van der Waals surface area (Å²) in [4.78, 5) is 11.9. The highest BCUT2D eigenvalue weighted by Gasteiger charge is 2.44. The molecule has 2 aliphatic carbocycles. The average molecular weight is 234 g/mol. The summed E-state index contributed by atoms with van der Waals surface area (Å²) in [6, 6.07) is 0. The molecule has 17 heavy (non-hydrogen) atoms. The molecule has 2 atom stereocenters. The summed E-state index contributed by atoms with van der Waals surface area (Å²) in [6.45, 7) is 11.0. The van der Waals surface area contributed by atoms with Gasteiger partial charge in [-0.2, -0.15) is 0 Å². The Balaban J connectivity index is 2.39. The lowest BCUT2D eigenvalue weighted by Crippen LogP contribution is -2.40. The Hall–Kier alpha value is -0.590. The third kappa shape index (κ3) is 1.98. The molecule has 0 aromatic carbocycles. The summed E-state index contributed by atoms with van der Waals surface area (Å²) in [5.41, 5.74) is 3.55. The molecule has 0 bridgehead atoms. The molecule has 0 aliphatic heterocycles. The molecule has 0 fully saturated rings. The van der Waals surface area contributed by atoms with Crippen molar-refractivity contribution in [3.63, 3.8) is 0 Å². The van der Waals surface area contributed by atoms with E-state index in [1.807, 2.05) is 0 Å². The van der Waals surface area contributed by atoms with Crippen molar-refractivity contribution in [2.75, 3.05) is 0 Å². The van der Waals surface area contributed by atoms with Gasteiger partial charge in [0.2, 0.25) is 0 Å². The SMILES string of the molecule is CC(=O)[C@@]1(C)CC2=C(C[C@@H]1C)C(C)(C)CCC2. The minimum absolute atomic E-state index is 0.105. The van der Waals surface area contributed by atoms with Crippen molar-refractivity contribution in [3.05, 3.63) is 11.1 Å². The first-order valence-corrected chi connectivity index (χ1v) is 7.00. The fraction of sp³-hybridized carbons (Fsp3) is 0.812. The lowest BCUT2D eigenvalue weighted by Gasteiger charge is -2.46. The third-order valence-corrected chi connectivity index (χ3v) is 5.51. The van der Waals surface area contributed by atoms with E-state index in [2.05, 4.69) is 27.7 Å². The van der Waals surface area contributed by atoms with Crippen molar-refractivity contribution >= 4 is 5.78 Å². The molecule has 0 N–H and O–H groups in total. The third-order valence-electron chi connectivity index (χ3n) is 5.51. The van der Waals surface area contributed by atoms with Gasteiger partial charge in [-0.3, -0.25) is 4.79 Å². The molecule has 0 aromatic heterocycles. The van der Waals surface area contributed by atoms with Crippen LogP contribution in [0.2, 0.25) is 0 Å². The fourth-order valence-corrected chi connectivity index (χ4v) is 3.76. The van der Waals surface area contributed by atoms with Gasteiger partial charge in [-0.1, -0.05) is 38.8 Å². The highest BCUT2D eigenvalue weighted by molar-refractivity contribution is 5.83. The lowest BCUT2D eigenvalue weighted by atomic mass is 9.57. The second-order valence-electron chi connectivity index (χ2n) is 7.08. The maximum atomic E-state index is 11.9. The zero-order valence-electron chi connectivity index (χ0n) is 12.0. The molecule has 0 saturated carbocycles. The molecule has 1 heteroatoms. The van der Waals surface area contributed by atoms with Gasteiger partial charge >= 0.3 is 0 Å². The van der Waals surface area contributed by atoms with Crippen LogP contribution in [0.3, 0.4) is 0 Å². The number of rotatable bonds is 1. The zero-order chi connectivity index (χ0) is 12.8. The van der Waals surface area contributed by atoms with Crippen LogP contribution in [0.1, 0.15) is 66.7 Å². The van der Waals surface area contributed by atoms with Crippen molar-refractivity contribution < 1.29 is 4.79 Å². The maximum absolute atomic E-state index is 11.9. The Morgan fingerprint density at radius 2 is 1.94 bits per heavy atom. The van der Waals surface area contributed by atoms with E-state index in [4.69, 9.17) is 0 Å². The highest BCUT2D eigenvalue weighted by atomic mass is 16.1. The summed E-state index contributed by atoms with van der Waals surface area (Å²) in [5, 5.41) is 0. The number of hydrogen-bond donors (Lipinski definition) is 0. The molecule has 0 radical (unpaired) electrons. The van der Waals surface area contributed by atoms with Gasteiger partial charge in [0.05, 0.1) is 0 Å². The molecule has 0 amide bonds. The van der Waals surface area contributed by atoms with Crippen molar-refractivity contribution in [3.8, 4) is 0 Å². The number of allylic oxidation sites excluding steroid dienone is 2. The quantitative estimate of drug-likeness (QED) is 0.610. The van der Waals surface area contributed by atoms with Crippen LogP contribution < -0.4 is 0 Å². The first-order chi connectivity index (χ1) is 7.77. The van der Waals surface area contributed by atoms with Crippen LogP contribution in [0.25, 0.3) is 0 Å². The Bertz CT molecular complexity index is 375. The van der Waals surface area contributed by atoms with Crippen molar-refractivity contribution in [1.29, 1.82) is 0 Å². The van der Waals surface area contributed by atoms with Gasteiger partial charge in [0.15, 0.2) is 0 Å². The zero-order valence-corrected chi connectivity index (χ0v) is 12.0. The van der Waals surface area contributed by atoms with E-state index >= 15 is 0 Å². The summed E-state index contributed by atoms with van der Waals surface area (Å²) in [6.07, 6.45) is 6.00. The standard InChI is InChI=1S/C16H26O/c1-11-9-14-13(7-6-8-15(14,3)4)10-16(11,5)12(2)17/h11H,6-10H2,1-5H3/t11-,16-/m0/s1. The van der Waals surface area contributed by atoms with Crippen LogP contribution in [-0.4, -0.2) is 5.78 Å². The largest absolute Gasteiger partial charge is 0.299 e. The molecular weight excluding hydrogens is 208 g/mol. The molecule has 0 aromatic rings. The van der Waals surface area contributed by atoms with Crippen LogP contribution in [0.4, 0.5) is 0 Å². The number of hydrogen-bond acceptors (Lipinski definition) is 1. The van der Waals surface area contributed by atoms with Gasteiger partial charge in [-0.15, -0.1) is 0 Å². The van der Waals surface area contributed by atoms with Crippen molar-refractivity contribution in [1.82, 2.24) is 0 Å².